The van der Waals surface area contributed by atoms with Crippen LogP contribution in [0.3, 0.4) is 0 Å². The third kappa shape index (κ3) is 4.55. The fourth-order valence-electron chi connectivity index (χ4n) is 2.58. The van der Waals surface area contributed by atoms with E-state index in [4.69, 9.17) is 4.74 Å². The van der Waals surface area contributed by atoms with E-state index in [1.807, 2.05) is 24.3 Å². The lowest BCUT2D eigenvalue weighted by Crippen LogP contribution is -1.99. The van der Waals surface area contributed by atoms with Crippen molar-refractivity contribution >= 4 is 21.9 Å². The monoisotopic (exact) mass is 319 g/mol. The second kappa shape index (κ2) is 8.91. The molecule has 0 aliphatic heterocycles. The van der Waals surface area contributed by atoms with Crippen LogP contribution < -0.4 is 4.74 Å². The van der Waals surface area contributed by atoms with Crippen LogP contribution in [0.15, 0.2) is 41.3 Å². The van der Waals surface area contributed by atoms with Crippen molar-refractivity contribution in [1.82, 2.24) is 0 Å². The van der Waals surface area contributed by atoms with Gasteiger partial charge in [-0.3, -0.25) is 4.21 Å². The van der Waals surface area contributed by atoms with E-state index >= 15 is 0 Å². The molecule has 0 aromatic heterocycles. The smallest absolute Gasteiger partial charge is 0.127 e. The average Bonchev–Trinajstić information content (AvgIpc) is 2.53. The Morgan fingerprint density at radius 1 is 0.955 bits per heavy atom. The second-order valence-corrected chi connectivity index (χ2v) is 6.37. The Labute approximate surface area is 135 Å². The highest BCUT2D eigenvalue weighted by molar-refractivity contribution is 7.79. The Morgan fingerprint density at radius 3 is 2.36 bits per heavy atom. The zero-order chi connectivity index (χ0) is 15.8. The van der Waals surface area contributed by atoms with Gasteiger partial charge >= 0.3 is 0 Å². The van der Waals surface area contributed by atoms with Crippen molar-refractivity contribution < 1.29 is 13.5 Å². The molecule has 120 valence electrons. The molecule has 22 heavy (non-hydrogen) atoms. The molecule has 0 heterocycles. The van der Waals surface area contributed by atoms with Crippen LogP contribution in [0, 0.1) is 0 Å². The molecule has 0 bridgehead atoms. The average molecular weight is 319 g/mol. The van der Waals surface area contributed by atoms with Crippen molar-refractivity contribution in [3.8, 4) is 5.75 Å². The summed E-state index contributed by atoms with van der Waals surface area (Å²) in [5, 5.41) is 1.58. The van der Waals surface area contributed by atoms with Gasteiger partial charge < -0.3 is 9.29 Å². The molecule has 0 saturated carbocycles. The van der Waals surface area contributed by atoms with Gasteiger partial charge in [0.2, 0.25) is 0 Å². The Hall–Kier alpha value is -1.39. The predicted molar refractivity (Wildman–Crippen MR) is 90.0 cm³/mol. The Balaban J connectivity index is 1.97. The Morgan fingerprint density at radius 2 is 1.64 bits per heavy atom. The van der Waals surface area contributed by atoms with Gasteiger partial charge in [0.15, 0.2) is 0 Å². The van der Waals surface area contributed by atoms with Crippen molar-refractivity contribution in [3.05, 3.63) is 36.4 Å². The van der Waals surface area contributed by atoms with Gasteiger partial charge in [-0.15, -0.1) is 0 Å². The van der Waals surface area contributed by atoms with Crippen molar-refractivity contribution in [1.29, 1.82) is 0 Å². The number of unbranched alkanes of at least 4 members (excludes halogenated alkanes) is 5. The van der Waals surface area contributed by atoms with E-state index < -0.39 is 11.1 Å². The molecule has 2 aromatic carbocycles. The summed E-state index contributed by atoms with van der Waals surface area (Å²) in [6.45, 7) is 2.89. The number of ether oxygens (including phenoxy) is 1. The summed E-state index contributed by atoms with van der Waals surface area (Å²) in [5.41, 5.74) is 0. The number of fused-ring (bicyclic) bond motifs is 1. The van der Waals surface area contributed by atoms with Gasteiger partial charge in [-0.2, -0.15) is 0 Å². The van der Waals surface area contributed by atoms with Crippen LogP contribution in [0.2, 0.25) is 0 Å². The maximum Gasteiger partial charge on any atom is 0.127 e. The van der Waals surface area contributed by atoms with Gasteiger partial charge in [0.25, 0.3) is 0 Å². The highest BCUT2D eigenvalue weighted by atomic mass is 32.2. The number of rotatable bonds is 9. The molecule has 0 spiro atoms. The molecule has 0 saturated heterocycles. The molecule has 3 nitrogen and oxygen atoms in total. The number of benzene rings is 2. The fraction of sp³-hybridized carbons (Fsp3) is 0.444. The third-order valence-electron chi connectivity index (χ3n) is 3.78. The summed E-state index contributed by atoms with van der Waals surface area (Å²) in [4.78, 5) is 0.322. The van der Waals surface area contributed by atoms with Gasteiger partial charge in [0, 0.05) is 15.7 Å². The third-order valence-corrected chi connectivity index (χ3v) is 4.49. The highest BCUT2D eigenvalue weighted by Gasteiger charge is 2.07. The lowest BCUT2D eigenvalue weighted by atomic mass is 10.1. The summed E-state index contributed by atoms with van der Waals surface area (Å²) >= 11 is -2.23. The molecule has 4 heteroatoms. The second-order valence-electron chi connectivity index (χ2n) is 5.46. The molecule has 0 aliphatic rings. The zero-order valence-electron chi connectivity index (χ0n) is 13.0. The lowest BCUT2D eigenvalue weighted by molar-refractivity contribution is 0.307. The molecule has 1 atom stereocenters. The number of hydrogen-bond acceptors (Lipinski definition) is 3. The van der Waals surface area contributed by atoms with Crippen LogP contribution >= 0.6 is 0 Å². The fourth-order valence-corrected chi connectivity index (χ4v) is 3.12. The molecule has 0 amide bonds. The molecule has 0 fully saturated rings. The van der Waals surface area contributed by atoms with Crippen molar-refractivity contribution in [2.24, 2.45) is 0 Å². The van der Waals surface area contributed by atoms with Gasteiger partial charge in [-0.05, 0) is 29.6 Å². The first-order valence-corrected chi connectivity index (χ1v) is 9.05. The topological polar surface area (TPSA) is 49.4 Å². The quantitative estimate of drug-likeness (QED) is 0.492. The van der Waals surface area contributed by atoms with Crippen LogP contribution in [0.25, 0.3) is 10.8 Å². The van der Waals surface area contributed by atoms with Gasteiger partial charge in [-0.1, -0.05) is 63.3 Å². The SMILES string of the molecule is CCCCCCCCOc1ccc(S(=O)[O-])c2ccccc12. The summed E-state index contributed by atoms with van der Waals surface area (Å²) in [6, 6.07) is 10.8. The normalized spacial score (nSPS) is 12.5. The molecule has 0 aliphatic carbocycles. The Kier molecular flexibility index (Phi) is 6.87. The van der Waals surface area contributed by atoms with E-state index in [0.29, 0.717) is 11.5 Å². The molecule has 1 unspecified atom stereocenters. The van der Waals surface area contributed by atoms with E-state index in [2.05, 4.69) is 6.92 Å². The highest BCUT2D eigenvalue weighted by Crippen LogP contribution is 2.30. The summed E-state index contributed by atoms with van der Waals surface area (Å²) in [5.74, 6) is 0.762. The maximum atomic E-state index is 11.3. The first kappa shape index (κ1) is 17.0. The van der Waals surface area contributed by atoms with Crippen molar-refractivity contribution in [2.75, 3.05) is 6.61 Å². The summed E-state index contributed by atoms with van der Waals surface area (Å²) < 4.78 is 28.4. The maximum absolute atomic E-state index is 11.3. The van der Waals surface area contributed by atoms with E-state index in [9.17, 15) is 8.76 Å². The predicted octanol–water partition coefficient (Wildman–Crippen LogP) is 4.82. The van der Waals surface area contributed by atoms with E-state index in [1.165, 1.54) is 32.1 Å². The van der Waals surface area contributed by atoms with E-state index in [-0.39, 0.29) is 0 Å². The molecule has 2 aromatic rings. The Bertz CT molecular complexity index is 625. The molecular formula is C18H23O3S-. The minimum absolute atomic E-state index is 0.322. The van der Waals surface area contributed by atoms with Gasteiger partial charge in [-0.25, -0.2) is 0 Å². The van der Waals surface area contributed by atoms with Crippen LogP contribution in [0.1, 0.15) is 45.4 Å². The van der Waals surface area contributed by atoms with Crippen molar-refractivity contribution in [2.45, 2.75) is 50.3 Å². The summed E-state index contributed by atoms with van der Waals surface area (Å²) in [6.07, 6.45) is 7.33. The van der Waals surface area contributed by atoms with Crippen LogP contribution in [0.4, 0.5) is 0 Å². The zero-order valence-corrected chi connectivity index (χ0v) is 13.9. The number of hydrogen-bond donors (Lipinski definition) is 0. The molecule has 0 N–H and O–H groups in total. The minimum atomic E-state index is -2.23. The minimum Gasteiger partial charge on any atom is -0.768 e. The van der Waals surface area contributed by atoms with Crippen LogP contribution in [0.5, 0.6) is 5.75 Å². The van der Waals surface area contributed by atoms with E-state index in [0.717, 1.165) is 22.9 Å². The van der Waals surface area contributed by atoms with Gasteiger partial charge in [0.05, 0.1) is 6.61 Å². The first-order chi connectivity index (χ1) is 10.7. The first-order valence-electron chi connectivity index (χ1n) is 7.98. The van der Waals surface area contributed by atoms with Crippen LogP contribution in [-0.2, 0) is 11.1 Å². The molecular weight excluding hydrogens is 296 g/mol. The van der Waals surface area contributed by atoms with E-state index in [1.54, 1.807) is 12.1 Å². The largest absolute Gasteiger partial charge is 0.768 e. The lowest BCUT2D eigenvalue weighted by Gasteiger charge is -2.13. The van der Waals surface area contributed by atoms with Crippen LogP contribution in [-0.4, -0.2) is 15.4 Å². The molecule has 2 rings (SSSR count). The standard InChI is InChI=1S/C18H24O3S/c1-2-3-4-5-6-9-14-21-17-12-13-18(22(19)20)16-11-8-7-10-15(16)17/h7-8,10-13H,2-6,9,14H2,1H3,(H,19,20)/p-1. The van der Waals surface area contributed by atoms with Gasteiger partial charge in [0.1, 0.15) is 5.75 Å². The van der Waals surface area contributed by atoms with Crippen molar-refractivity contribution in [3.63, 3.8) is 0 Å². The summed E-state index contributed by atoms with van der Waals surface area (Å²) in [7, 11) is 0. The molecule has 0 radical (unpaired) electrons.